The van der Waals surface area contributed by atoms with Crippen LogP contribution in [-0.4, -0.2) is 30.3 Å². The van der Waals surface area contributed by atoms with Gasteiger partial charge < -0.3 is 5.32 Å². The van der Waals surface area contributed by atoms with Crippen LogP contribution in [0.5, 0.6) is 0 Å². The van der Waals surface area contributed by atoms with Gasteiger partial charge in [0.1, 0.15) is 6.33 Å². The number of anilines is 1. The zero-order valence-corrected chi connectivity index (χ0v) is 12.8. The highest BCUT2D eigenvalue weighted by molar-refractivity contribution is 6.04. The lowest BCUT2D eigenvalue weighted by molar-refractivity contribution is 0.102. The fourth-order valence-electron chi connectivity index (χ4n) is 2.35. The molecule has 1 atom stereocenters. The number of carbonyl (C=O) groups excluding carboxylic acids is 1. The largest absolute Gasteiger partial charge is 0.320 e. The zero-order chi connectivity index (χ0) is 15.7. The van der Waals surface area contributed by atoms with Gasteiger partial charge in [0.25, 0.3) is 5.91 Å². The minimum atomic E-state index is -0.175. The number of hydrogen-bond donors (Lipinski definition) is 1. The molecule has 7 heteroatoms. The molecule has 3 heterocycles. The molecule has 0 saturated carbocycles. The van der Waals surface area contributed by atoms with E-state index in [-0.39, 0.29) is 11.9 Å². The summed E-state index contributed by atoms with van der Waals surface area (Å²) in [6, 6.07) is 3.88. The van der Waals surface area contributed by atoms with Gasteiger partial charge in [0.05, 0.1) is 23.6 Å². The van der Waals surface area contributed by atoms with Crippen LogP contribution in [0, 0.1) is 6.92 Å². The maximum absolute atomic E-state index is 12.4. The molecular formula is C15H18N6O. The van der Waals surface area contributed by atoms with E-state index in [0.29, 0.717) is 11.3 Å². The van der Waals surface area contributed by atoms with Gasteiger partial charge in [-0.2, -0.15) is 10.2 Å². The highest BCUT2D eigenvalue weighted by atomic mass is 16.1. The summed E-state index contributed by atoms with van der Waals surface area (Å²) in [5.41, 5.74) is 2.85. The molecule has 7 nitrogen and oxygen atoms in total. The van der Waals surface area contributed by atoms with E-state index in [1.807, 2.05) is 11.6 Å². The second-order valence-corrected chi connectivity index (χ2v) is 5.28. The van der Waals surface area contributed by atoms with E-state index in [4.69, 9.17) is 0 Å². The van der Waals surface area contributed by atoms with Crippen molar-refractivity contribution in [2.24, 2.45) is 0 Å². The van der Waals surface area contributed by atoms with E-state index in [1.165, 1.54) is 6.33 Å². The number of fused-ring (bicyclic) bond motifs is 1. The van der Waals surface area contributed by atoms with Crippen LogP contribution in [0.25, 0.3) is 5.65 Å². The van der Waals surface area contributed by atoms with Gasteiger partial charge >= 0.3 is 0 Å². The number of aromatic nitrogens is 5. The second kappa shape index (κ2) is 5.59. The summed E-state index contributed by atoms with van der Waals surface area (Å²) in [7, 11) is 0. The van der Waals surface area contributed by atoms with Gasteiger partial charge in [-0.05, 0) is 32.4 Å². The molecule has 0 radical (unpaired) electrons. The molecule has 0 aliphatic rings. The van der Waals surface area contributed by atoms with Crippen LogP contribution < -0.4 is 5.32 Å². The fraction of sp³-hybridized carbons (Fsp3) is 0.333. The third-order valence-electron chi connectivity index (χ3n) is 3.83. The fourth-order valence-corrected chi connectivity index (χ4v) is 2.35. The quantitative estimate of drug-likeness (QED) is 0.802. The Balaban J connectivity index is 1.83. The van der Waals surface area contributed by atoms with E-state index >= 15 is 0 Å². The van der Waals surface area contributed by atoms with Gasteiger partial charge in [-0.1, -0.05) is 6.92 Å². The average Bonchev–Trinajstić information content (AvgIpc) is 3.12. The van der Waals surface area contributed by atoms with Crippen molar-refractivity contribution in [1.82, 2.24) is 24.4 Å². The van der Waals surface area contributed by atoms with E-state index in [2.05, 4.69) is 34.3 Å². The highest BCUT2D eigenvalue weighted by Gasteiger charge is 2.16. The number of carbonyl (C=O) groups is 1. The Kier molecular flexibility index (Phi) is 3.62. The first-order valence-electron chi connectivity index (χ1n) is 7.25. The smallest absolute Gasteiger partial charge is 0.259 e. The third kappa shape index (κ3) is 2.45. The van der Waals surface area contributed by atoms with Crippen LogP contribution in [0.4, 0.5) is 5.69 Å². The molecule has 1 amide bonds. The van der Waals surface area contributed by atoms with Gasteiger partial charge in [0.2, 0.25) is 0 Å². The third-order valence-corrected chi connectivity index (χ3v) is 3.83. The first kappa shape index (κ1) is 14.2. The number of nitrogens with one attached hydrogen (secondary N) is 1. The van der Waals surface area contributed by atoms with Crippen molar-refractivity contribution in [2.75, 3.05) is 5.32 Å². The summed E-state index contributed by atoms with van der Waals surface area (Å²) in [6.07, 6.45) is 5.78. The van der Waals surface area contributed by atoms with E-state index in [1.54, 1.807) is 29.0 Å². The normalized spacial score (nSPS) is 12.5. The maximum atomic E-state index is 12.4. The minimum absolute atomic E-state index is 0.175. The number of pyridine rings is 1. The topological polar surface area (TPSA) is 77.1 Å². The molecule has 0 aliphatic carbocycles. The summed E-state index contributed by atoms with van der Waals surface area (Å²) in [5.74, 6) is -0.175. The number of amides is 1. The second-order valence-electron chi connectivity index (χ2n) is 5.28. The lowest BCUT2D eigenvalue weighted by Gasteiger charge is -2.12. The van der Waals surface area contributed by atoms with Crippen LogP contribution in [0.3, 0.4) is 0 Å². The maximum Gasteiger partial charge on any atom is 0.259 e. The van der Waals surface area contributed by atoms with Crippen molar-refractivity contribution in [2.45, 2.75) is 33.2 Å². The van der Waals surface area contributed by atoms with Gasteiger partial charge in [-0.15, -0.1) is 0 Å². The van der Waals surface area contributed by atoms with Crippen molar-refractivity contribution in [3.63, 3.8) is 0 Å². The number of nitrogens with zero attached hydrogens (tertiary/aromatic N) is 5. The van der Waals surface area contributed by atoms with Crippen LogP contribution in [0.15, 0.2) is 30.9 Å². The molecule has 1 unspecified atom stereocenters. The van der Waals surface area contributed by atoms with Crippen molar-refractivity contribution in [1.29, 1.82) is 0 Å². The van der Waals surface area contributed by atoms with Gasteiger partial charge in [-0.25, -0.2) is 9.50 Å². The first-order valence-corrected chi connectivity index (χ1v) is 7.25. The lowest BCUT2D eigenvalue weighted by atomic mass is 10.2. The molecule has 3 aromatic rings. The minimum Gasteiger partial charge on any atom is -0.320 e. The molecule has 3 aromatic heterocycles. The Morgan fingerprint density at radius 1 is 1.36 bits per heavy atom. The van der Waals surface area contributed by atoms with E-state index in [0.717, 1.165) is 17.8 Å². The molecule has 3 rings (SSSR count). The molecule has 114 valence electrons. The summed E-state index contributed by atoms with van der Waals surface area (Å²) in [5, 5.41) is 11.2. The Morgan fingerprint density at radius 3 is 2.95 bits per heavy atom. The summed E-state index contributed by atoms with van der Waals surface area (Å²) in [6.45, 7) is 6.09. The van der Waals surface area contributed by atoms with Crippen LogP contribution >= 0.6 is 0 Å². The Morgan fingerprint density at radius 2 is 2.18 bits per heavy atom. The van der Waals surface area contributed by atoms with Gasteiger partial charge in [-0.3, -0.25) is 9.48 Å². The van der Waals surface area contributed by atoms with Crippen molar-refractivity contribution < 1.29 is 4.79 Å². The standard InChI is InChI=1S/C15H18N6O/c1-4-10(2)21-11(3)13(7-17-21)15(22)19-12-5-6-14-16-9-18-20(14)8-12/h5-10H,4H2,1-3H3,(H,19,22). The zero-order valence-electron chi connectivity index (χ0n) is 12.8. The number of hydrogen-bond acceptors (Lipinski definition) is 4. The van der Waals surface area contributed by atoms with Crippen LogP contribution in [-0.2, 0) is 0 Å². The molecule has 0 saturated heterocycles. The molecule has 0 bridgehead atoms. The SMILES string of the molecule is CCC(C)n1ncc(C(=O)Nc2ccc3ncnn3c2)c1C. The predicted octanol–water partition coefficient (Wildman–Crippen LogP) is 2.46. The van der Waals surface area contributed by atoms with Gasteiger partial charge in [0, 0.05) is 11.7 Å². The van der Waals surface area contributed by atoms with Gasteiger partial charge in [0.15, 0.2) is 5.65 Å². The van der Waals surface area contributed by atoms with E-state index < -0.39 is 0 Å². The van der Waals surface area contributed by atoms with Crippen LogP contribution in [0.2, 0.25) is 0 Å². The van der Waals surface area contributed by atoms with Crippen LogP contribution in [0.1, 0.15) is 42.4 Å². The summed E-state index contributed by atoms with van der Waals surface area (Å²) >= 11 is 0. The summed E-state index contributed by atoms with van der Waals surface area (Å²) < 4.78 is 3.50. The lowest BCUT2D eigenvalue weighted by Crippen LogP contribution is -2.14. The molecule has 0 aromatic carbocycles. The van der Waals surface area contributed by atoms with Crippen molar-refractivity contribution >= 4 is 17.2 Å². The molecule has 0 fully saturated rings. The van der Waals surface area contributed by atoms with E-state index in [9.17, 15) is 4.79 Å². The average molecular weight is 298 g/mol. The molecule has 0 spiro atoms. The van der Waals surface area contributed by atoms with Crippen molar-refractivity contribution in [3.05, 3.63) is 42.1 Å². The predicted molar refractivity (Wildman–Crippen MR) is 82.9 cm³/mol. The molecular weight excluding hydrogens is 280 g/mol. The Bertz CT molecular complexity index is 818. The monoisotopic (exact) mass is 298 g/mol. The highest BCUT2D eigenvalue weighted by Crippen LogP contribution is 2.17. The molecule has 22 heavy (non-hydrogen) atoms. The summed E-state index contributed by atoms with van der Waals surface area (Å²) in [4.78, 5) is 16.5. The molecule has 1 N–H and O–H groups in total. The number of rotatable bonds is 4. The first-order chi connectivity index (χ1) is 10.6. The molecule has 0 aliphatic heterocycles. The Labute approximate surface area is 128 Å². The Hall–Kier alpha value is -2.70. The van der Waals surface area contributed by atoms with Crippen molar-refractivity contribution in [3.8, 4) is 0 Å².